The smallest absolute Gasteiger partial charge is 0.253 e. The van der Waals surface area contributed by atoms with Gasteiger partial charge in [0.25, 0.3) is 5.91 Å². The van der Waals surface area contributed by atoms with Crippen LogP contribution >= 0.6 is 0 Å². The molecule has 5 rings (SSSR count). The molecule has 5 nitrogen and oxygen atoms in total. The molecule has 172 valence electrons. The van der Waals surface area contributed by atoms with E-state index in [-0.39, 0.29) is 11.8 Å². The van der Waals surface area contributed by atoms with Gasteiger partial charge < -0.3 is 14.8 Å². The molecule has 0 saturated carbocycles. The summed E-state index contributed by atoms with van der Waals surface area (Å²) in [6.45, 7) is 2.35. The van der Waals surface area contributed by atoms with Gasteiger partial charge in [-0.25, -0.2) is 0 Å². The Bertz CT molecular complexity index is 1270. The van der Waals surface area contributed by atoms with Gasteiger partial charge in [-0.1, -0.05) is 60.7 Å². The summed E-state index contributed by atoms with van der Waals surface area (Å²) in [5.41, 5.74) is 5.33. The average molecular weight is 452 g/mol. The number of aromatic amines is 1. The maximum absolute atomic E-state index is 13.0. The molecule has 1 N–H and O–H groups in total. The topological polar surface area (TPSA) is 56.4 Å². The first kappa shape index (κ1) is 22.0. The van der Waals surface area contributed by atoms with E-state index >= 15 is 0 Å². The number of amides is 2. The number of aryl methyl sites for hydroxylation is 1. The Morgan fingerprint density at radius 3 is 2.15 bits per heavy atom. The van der Waals surface area contributed by atoms with E-state index in [1.54, 1.807) is 0 Å². The van der Waals surface area contributed by atoms with E-state index in [0.29, 0.717) is 38.2 Å². The van der Waals surface area contributed by atoms with Crippen molar-refractivity contribution in [3.8, 4) is 11.1 Å². The molecule has 1 fully saturated rings. The molecule has 1 saturated heterocycles. The van der Waals surface area contributed by atoms with Crippen LogP contribution in [0.3, 0.4) is 0 Å². The third kappa shape index (κ3) is 4.74. The lowest BCUT2D eigenvalue weighted by atomic mass is 10.0. The summed E-state index contributed by atoms with van der Waals surface area (Å²) in [5.74, 6) is 0.213. The third-order valence-corrected chi connectivity index (χ3v) is 6.67. The van der Waals surface area contributed by atoms with Gasteiger partial charge in [0.15, 0.2) is 0 Å². The number of para-hydroxylation sites is 1. The number of aromatic nitrogens is 1. The predicted octanol–water partition coefficient (Wildman–Crippen LogP) is 5.14. The van der Waals surface area contributed by atoms with Crippen molar-refractivity contribution in [3.63, 3.8) is 0 Å². The third-order valence-electron chi connectivity index (χ3n) is 6.67. The van der Waals surface area contributed by atoms with E-state index in [2.05, 4.69) is 29.2 Å². The van der Waals surface area contributed by atoms with Crippen molar-refractivity contribution in [2.24, 2.45) is 0 Å². The van der Waals surface area contributed by atoms with Crippen LogP contribution in [0.15, 0.2) is 85.1 Å². The molecule has 4 aromatic rings. The fraction of sp³-hybridized carbons (Fsp3) is 0.241. The number of piperazine rings is 1. The largest absolute Gasteiger partial charge is 0.361 e. The van der Waals surface area contributed by atoms with Gasteiger partial charge >= 0.3 is 0 Å². The SMILES string of the molecule is O=C(CCCc1c[nH]c2ccccc12)N1CCN(C(=O)c2ccc(-c3ccccc3)cc2)CC1. The minimum absolute atomic E-state index is 0.0334. The molecular formula is C29H29N3O2. The molecule has 2 heterocycles. The van der Waals surface area contributed by atoms with E-state index in [1.165, 1.54) is 10.9 Å². The van der Waals surface area contributed by atoms with Gasteiger partial charge in [-0.3, -0.25) is 9.59 Å². The number of carbonyl (C=O) groups excluding carboxylic acids is 2. The number of benzene rings is 3. The second-order valence-electron chi connectivity index (χ2n) is 8.83. The number of hydrogen-bond donors (Lipinski definition) is 1. The van der Waals surface area contributed by atoms with Crippen LogP contribution in [0.1, 0.15) is 28.8 Å². The molecule has 0 radical (unpaired) electrons. The number of fused-ring (bicyclic) bond motifs is 1. The second kappa shape index (κ2) is 9.96. The van der Waals surface area contributed by atoms with Gasteiger partial charge in [0, 0.05) is 55.3 Å². The van der Waals surface area contributed by atoms with Crippen LogP contribution in [0, 0.1) is 0 Å². The van der Waals surface area contributed by atoms with Gasteiger partial charge in [-0.15, -0.1) is 0 Å². The van der Waals surface area contributed by atoms with Crippen molar-refractivity contribution in [2.45, 2.75) is 19.3 Å². The van der Waals surface area contributed by atoms with Crippen LogP contribution < -0.4 is 0 Å². The highest BCUT2D eigenvalue weighted by atomic mass is 16.2. The van der Waals surface area contributed by atoms with Gasteiger partial charge in [0.05, 0.1) is 0 Å². The van der Waals surface area contributed by atoms with E-state index in [1.807, 2.05) is 70.6 Å². The summed E-state index contributed by atoms with van der Waals surface area (Å²) in [4.78, 5) is 32.7. The van der Waals surface area contributed by atoms with E-state index in [9.17, 15) is 9.59 Å². The lowest BCUT2D eigenvalue weighted by Gasteiger charge is -2.35. The summed E-state index contributed by atoms with van der Waals surface area (Å²) in [7, 11) is 0. The average Bonchev–Trinajstić information content (AvgIpc) is 3.32. The van der Waals surface area contributed by atoms with Crippen LogP contribution in [0.25, 0.3) is 22.0 Å². The first-order chi connectivity index (χ1) is 16.7. The summed E-state index contributed by atoms with van der Waals surface area (Å²) in [6.07, 6.45) is 4.29. The summed E-state index contributed by atoms with van der Waals surface area (Å²) >= 11 is 0. The van der Waals surface area contributed by atoms with Crippen LogP contribution in [0.2, 0.25) is 0 Å². The molecule has 0 aliphatic carbocycles. The van der Waals surface area contributed by atoms with Crippen molar-refractivity contribution in [3.05, 3.63) is 96.2 Å². The zero-order valence-electron chi connectivity index (χ0n) is 19.2. The quantitative estimate of drug-likeness (QED) is 0.441. The summed E-state index contributed by atoms with van der Waals surface area (Å²) < 4.78 is 0. The van der Waals surface area contributed by atoms with Crippen molar-refractivity contribution >= 4 is 22.7 Å². The first-order valence-corrected chi connectivity index (χ1v) is 12.0. The maximum Gasteiger partial charge on any atom is 0.253 e. The Hall–Kier alpha value is -3.86. The Balaban J connectivity index is 1.10. The molecular weight excluding hydrogens is 422 g/mol. The molecule has 1 aliphatic rings. The van der Waals surface area contributed by atoms with Crippen LogP contribution in [0.4, 0.5) is 0 Å². The van der Waals surface area contributed by atoms with Gasteiger partial charge in [-0.2, -0.15) is 0 Å². The number of hydrogen-bond acceptors (Lipinski definition) is 2. The molecule has 34 heavy (non-hydrogen) atoms. The highest BCUT2D eigenvalue weighted by Crippen LogP contribution is 2.21. The Morgan fingerprint density at radius 2 is 1.38 bits per heavy atom. The van der Waals surface area contributed by atoms with Crippen LogP contribution in [0.5, 0.6) is 0 Å². The number of nitrogens with zero attached hydrogens (tertiary/aromatic N) is 2. The number of rotatable bonds is 6. The lowest BCUT2D eigenvalue weighted by molar-refractivity contribution is -0.132. The van der Waals surface area contributed by atoms with Gasteiger partial charge in [0.1, 0.15) is 0 Å². The first-order valence-electron chi connectivity index (χ1n) is 12.0. The Labute approximate surface area is 200 Å². The zero-order chi connectivity index (χ0) is 23.3. The molecule has 2 amide bonds. The number of carbonyl (C=O) groups is 2. The minimum Gasteiger partial charge on any atom is -0.361 e. The summed E-state index contributed by atoms with van der Waals surface area (Å²) in [5, 5.41) is 1.24. The molecule has 1 aliphatic heterocycles. The number of nitrogens with one attached hydrogen (secondary N) is 1. The Morgan fingerprint density at radius 1 is 0.735 bits per heavy atom. The van der Waals surface area contributed by atoms with E-state index < -0.39 is 0 Å². The van der Waals surface area contributed by atoms with Crippen molar-refractivity contribution in [1.82, 2.24) is 14.8 Å². The fourth-order valence-corrected chi connectivity index (χ4v) is 4.70. The molecule has 0 unspecified atom stereocenters. The van der Waals surface area contributed by atoms with Gasteiger partial charge in [0.2, 0.25) is 5.91 Å². The molecule has 5 heteroatoms. The molecule has 0 atom stereocenters. The van der Waals surface area contributed by atoms with Crippen molar-refractivity contribution < 1.29 is 9.59 Å². The molecule has 0 spiro atoms. The molecule has 0 bridgehead atoms. The highest BCUT2D eigenvalue weighted by molar-refractivity contribution is 5.95. The van der Waals surface area contributed by atoms with E-state index in [4.69, 9.17) is 0 Å². The number of H-pyrrole nitrogens is 1. The van der Waals surface area contributed by atoms with Crippen molar-refractivity contribution in [2.75, 3.05) is 26.2 Å². The molecule has 1 aromatic heterocycles. The normalized spacial score (nSPS) is 13.9. The Kier molecular flexibility index (Phi) is 6.43. The maximum atomic E-state index is 13.0. The van der Waals surface area contributed by atoms with Crippen LogP contribution in [-0.4, -0.2) is 52.8 Å². The predicted molar refractivity (Wildman–Crippen MR) is 136 cm³/mol. The van der Waals surface area contributed by atoms with E-state index in [0.717, 1.165) is 29.5 Å². The molecule has 3 aromatic carbocycles. The highest BCUT2D eigenvalue weighted by Gasteiger charge is 2.24. The van der Waals surface area contributed by atoms with Crippen molar-refractivity contribution in [1.29, 1.82) is 0 Å². The minimum atomic E-state index is 0.0334. The van der Waals surface area contributed by atoms with Gasteiger partial charge in [-0.05, 0) is 47.7 Å². The fourth-order valence-electron chi connectivity index (χ4n) is 4.70. The second-order valence-corrected chi connectivity index (χ2v) is 8.83. The van der Waals surface area contributed by atoms with Crippen LogP contribution in [-0.2, 0) is 11.2 Å². The zero-order valence-corrected chi connectivity index (χ0v) is 19.2. The lowest BCUT2D eigenvalue weighted by Crippen LogP contribution is -2.50. The standard InChI is InChI=1S/C29H29N3O2/c33-28(12-6-9-25-21-30-27-11-5-4-10-26(25)27)31-17-19-32(20-18-31)29(34)24-15-13-23(14-16-24)22-7-2-1-3-8-22/h1-5,7-8,10-11,13-16,21,30H,6,9,12,17-20H2. The summed E-state index contributed by atoms with van der Waals surface area (Å²) in [6, 6.07) is 26.2. The monoisotopic (exact) mass is 451 g/mol.